The van der Waals surface area contributed by atoms with E-state index in [2.05, 4.69) is 17.2 Å². The zero-order chi connectivity index (χ0) is 16.4. The van der Waals surface area contributed by atoms with Gasteiger partial charge in [0.1, 0.15) is 17.5 Å². The van der Waals surface area contributed by atoms with Gasteiger partial charge in [-0.25, -0.2) is 0 Å². The summed E-state index contributed by atoms with van der Waals surface area (Å²) in [5.41, 5.74) is 2.60. The number of benzene rings is 1. The molecule has 1 amide bonds. The maximum atomic E-state index is 12.6. The lowest BCUT2D eigenvalue weighted by Crippen LogP contribution is -3.14. The van der Waals surface area contributed by atoms with Crippen molar-refractivity contribution in [1.29, 1.82) is 0 Å². The van der Waals surface area contributed by atoms with E-state index in [1.807, 2.05) is 25.1 Å². The van der Waals surface area contributed by atoms with Gasteiger partial charge in [-0.15, -0.1) is 0 Å². The van der Waals surface area contributed by atoms with Gasteiger partial charge in [0.25, 0.3) is 5.91 Å². The molecule has 1 aliphatic rings. The van der Waals surface area contributed by atoms with Gasteiger partial charge in [-0.2, -0.15) is 0 Å². The maximum Gasteiger partial charge on any atom is 0.268 e. The maximum absolute atomic E-state index is 12.6. The third kappa shape index (κ3) is 3.06. The van der Waals surface area contributed by atoms with Crippen molar-refractivity contribution in [3.05, 3.63) is 29.5 Å². The fraction of sp³-hybridized carbons (Fsp3) is 0.500. The van der Waals surface area contributed by atoms with Gasteiger partial charge in [0, 0.05) is 23.7 Å². The number of aromatic amines is 1. The third-order valence-corrected chi connectivity index (χ3v) is 5.08. The number of ether oxygens (including phenoxy) is 1. The largest absolute Gasteiger partial charge is 0.497 e. The van der Waals surface area contributed by atoms with E-state index in [1.54, 1.807) is 12.0 Å². The van der Waals surface area contributed by atoms with Crippen LogP contribution in [-0.2, 0) is 0 Å². The second kappa shape index (κ2) is 6.62. The van der Waals surface area contributed by atoms with Crippen molar-refractivity contribution in [3.63, 3.8) is 0 Å². The molecule has 0 bridgehead atoms. The number of likely N-dealkylation sites (N-methyl/N-ethyl adjacent to an activating group) is 1. The van der Waals surface area contributed by atoms with E-state index in [1.165, 1.54) is 19.4 Å². The Morgan fingerprint density at radius 1 is 1.48 bits per heavy atom. The molecule has 1 saturated heterocycles. The van der Waals surface area contributed by atoms with Crippen LogP contribution in [0.1, 0.15) is 35.8 Å². The van der Waals surface area contributed by atoms with Crippen molar-refractivity contribution in [2.24, 2.45) is 0 Å². The first kappa shape index (κ1) is 15.9. The van der Waals surface area contributed by atoms with Crippen molar-refractivity contribution >= 4 is 16.8 Å². The molecule has 0 spiro atoms. The number of likely N-dealkylation sites (tertiary alicyclic amines) is 1. The number of aromatic nitrogens is 1. The van der Waals surface area contributed by atoms with Gasteiger partial charge in [0.15, 0.2) is 0 Å². The minimum atomic E-state index is -0.0139. The first-order valence-electron chi connectivity index (χ1n) is 8.43. The topological polar surface area (TPSA) is 58.6 Å². The molecule has 0 saturated carbocycles. The summed E-state index contributed by atoms with van der Waals surface area (Å²) in [6.07, 6.45) is 2.46. The molecule has 1 aliphatic heterocycles. The number of amides is 1. The smallest absolute Gasteiger partial charge is 0.268 e. The van der Waals surface area contributed by atoms with Gasteiger partial charge in [-0.05, 0) is 37.6 Å². The molecular formula is C18H26N3O2+. The molecule has 3 rings (SSSR count). The van der Waals surface area contributed by atoms with Crippen molar-refractivity contribution < 1.29 is 14.4 Å². The molecular weight excluding hydrogens is 290 g/mol. The van der Waals surface area contributed by atoms with E-state index in [9.17, 15) is 4.79 Å². The molecule has 1 aromatic heterocycles. The second-order valence-electron chi connectivity index (χ2n) is 6.35. The molecule has 23 heavy (non-hydrogen) atoms. The summed E-state index contributed by atoms with van der Waals surface area (Å²) < 4.78 is 5.27. The van der Waals surface area contributed by atoms with E-state index in [0.717, 1.165) is 35.3 Å². The molecule has 5 nitrogen and oxygen atoms in total. The first-order valence-corrected chi connectivity index (χ1v) is 8.43. The summed E-state index contributed by atoms with van der Waals surface area (Å²) in [4.78, 5) is 17.4. The number of methoxy groups -OCH3 is 1. The highest BCUT2D eigenvalue weighted by atomic mass is 16.5. The minimum Gasteiger partial charge on any atom is -0.497 e. The number of carbonyl (C=O) groups is 1. The predicted octanol–water partition coefficient (Wildman–Crippen LogP) is 1.28. The number of carbonyl (C=O) groups excluding carboxylic acids is 1. The van der Waals surface area contributed by atoms with Crippen LogP contribution in [0.25, 0.3) is 10.9 Å². The molecule has 124 valence electrons. The Hall–Kier alpha value is -2.01. The molecule has 1 unspecified atom stereocenters. The minimum absolute atomic E-state index is 0.0139. The fourth-order valence-electron chi connectivity index (χ4n) is 3.66. The average molecular weight is 316 g/mol. The quantitative estimate of drug-likeness (QED) is 0.778. The zero-order valence-corrected chi connectivity index (χ0v) is 14.2. The Morgan fingerprint density at radius 2 is 2.30 bits per heavy atom. The summed E-state index contributed by atoms with van der Waals surface area (Å²) in [6.45, 7) is 7.30. The number of nitrogens with one attached hydrogen (secondary N) is 3. The van der Waals surface area contributed by atoms with Crippen LogP contribution in [-0.4, -0.2) is 43.7 Å². The predicted molar refractivity (Wildman–Crippen MR) is 91.3 cm³/mol. The molecule has 3 N–H and O–H groups in total. The molecule has 2 aromatic rings. The highest BCUT2D eigenvalue weighted by molar-refractivity contribution is 6.01. The van der Waals surface area contributed by atoms with Gasteiger partial charge >= 0.3 is 0 Å². The van der Waals surface area contributed by atoms with Crippen LogP contribution < -0.4 is 15.0 Å². The SMILES string of the molecule is CC[NH+]1CCC[C@H]1CNC(=O)c1[nH]c2ccc(OC)cc2c1C. The lowest BCUT2D eigenvalue weighted by molar-refractivity contribution is -0.909. The number of hydrogen-bond donors (Lipinski definition) is 3. The average Bonchev–Trinajstić information content (AvgIpc) is 3.16. The summed E-state index contributed by atoms with van der Waals surface area (Å²) in [5, 5.41) is 4.15. The first-order chi connectivity index (χ1) is 11.1. The van der Waals surface area contributed by atoms with Crippen LogP contribution in [0, 0.1) is 6.92 Å². The standard InChI is InChI=1S/C18H25N3O2/c1-4-21-9-5-6-13(21)11-19-18(22)17-12(2)15-10-14(23-3)7-8-16(15)20-17/h7-8,10,13,20H,4-6,9,11H2,1-3H3,(H,19,22)/p+1/t13-/m0/s1. The lowest BCUT2D eigenvalue weighted by Gasteiger charge is -2.20. The molecule has 0 aliphatic carbocycles. The monoisotopic (exact) mass is 316 g/mol. The van der Waals surface area contributed by atoms with Crippen LogP contribution in [0.2, 0.25) is 0 Å². The van der Waals surface area contributed by atoms with Gasteiger partial charge in [0.05, 0.1) is 26.7 Å². The number of rotatable bonds is 5. The molecule has 2 heterocycles. The van der Waals surface area contributed by atoms with E-state index >= 15 is 0 Å². The van der Waals surface area contributed by atoms with Crippen LogP contribution in [0.15, 0.2) is 18.2 Å². The summed E-state index contributed by atoms with van der Waals surface area (Å²) in [6, 6.07) is 6.38. The highest BCUT2D eigenvalue weighted by Gasteiger charge is 2.27. The molecule has 1 fully saturated rings. The van der Waals surface area contributed by atoms with Crippen LogP contribution in [0.3, 0.4) is 0 Å². The van der Waals surface area contributed by atoms with Crippen molar-refractivity contribution in [1.82, 2.24) is 10.3 Å². The highest BCUT2D eigenvalue weighted by Crippen LogP contribution is 2.25. The van der Waals surface area contributed by atoms with E-state index in [-0.39, 0.29) is 5.91 Å². The Morgan fingerprint density at radius 3 is 3.04 bits per heavy atom. The Labute approximate surface area is 137 Å². The summed E-state index contributed by atoms with van der Waals surface area (Å²) in [7, 11) is 1.65. The number of H-pyrrole nitrogens is 1. The van der Waals surface area contributed by atoms with E-state index in [4.69, 9.17) is 4.74 Å². The number of quaternary nitrogens is 1. The summed E-state index contributed by atoms with van der Waals surface area (Å²) >= 11 is 0. The third-order valence-electron chi connectivity index (χ3n) is 5.08. The van der Waals surface area contributed by atoms with Crippen molar-refractivity contribution in [2.75, 3.05) is 26.7 Å². The number of hydrogen-bond acceptors (Lipinski definition) is 2. The fourth-order valence-corrected chi connectivity index (χ4v) is 3.66. The van der Waals surface area contributed by atoms with Gasteiger partial charge < -0.3 is 19.9 Å². The number of fused-ring (bicyclic) bond motifs is 1. The van der Waals surface area contributed by atoms with Crippen molar-refractivity contribution in [2.45, 2.75) is 32.7 Å². The van der Waals surface area contributed by atoms with Crippen LogP contribution >= 0.6 is 0 Å². The molecule has 5 heteroatoms. The normalized spacial score (nSPS) is 20.8. The lowest BCUT2D eigenvalue weighted by atomic mass is 10.1. The van der Waals surface area contributed by atoms with Crippen LogP contribution in [0.5, 0.6) is 5.75 Å². The van der Waals surface area contributed by atoms with E-state index < -0.39 is 0 Å². The Balaban J connectivity index is 1.74. The number of aryl methyl sites for hydroxylation is 1. The molecule has 2 atom stereocenters. The Bertz CT molecular complexity index is 708. The van der Waals surface area contributed by atoms with Gasteiger partial charge in [0.2, 0.25) is 0 Å². The van der Waals surface area contributed by atoms with Crippen molar-refractivity contribution in [3.8, 4) is 5.75 Å². The van der Waals surface area contributed by atoms with Crippen LogP contribution in [0.4, 0.5) is 0 Å². The zero-order valence-electron chi connectivity index (χ0n) is 14.2. The Kier molecular flexibility index (Phi) is 4.57. The molecule has 1 aromatic carbocycles. The second-order valence-corrected chi connectivity index (χ2v) is 6.35. The molecule has 0 radical (unpaired) electrons. The van der Waals surface area contributed by atoms with Gasteiger partial charge in [-0.3, -0.25) is 4.79 Å². The van der Waals surface area contributed by atoms with E-state index in [0.29, 0.717) is 11.7 Å². The van der Waals surface area contributed by atoms with Gasteiger partial charge in [-0.1, -0.05) is 0 Å². The summed E-state index contributed by atoms with van der Waals surface area (Å²) in [5.74, 6) is 0.791.